The molecule has 0 spiro atoms. The van der Waals surface area contributed by atoms with E-state index in [4.69, 9.17) is 4.99 Å². The summed E-state index contributed by atoms with van der Waals surface area (Å²) in [4.78, 5) is 38.1. The fraction of sp³-hybridized carbons (Fsp3) is 0.692. The number of nitrogens with one attached hydrogen (secondary N) is 5. The van der Waals surface area contributed by atoms with Crippen LogP contribution in [0.15, 0.2) is 65.7 Å². The molecule has 10 nitrogen and oxygen atoms in total. The Morgan fingerprint density at radius 2 is 0.984 bits per heavy atom. The molecule has 6 fully saturated rings. The van der Waals surface area contributed by atoms with E-state index >= 15 is 9.59 Å². The van der Waals surface area contributed by atoms with E-state index in [0.29, 0.717) is 24.2 Å². The molecule has 4 saturated carbocycles. The minimum atomic E-state index is -0.481. The highest BCUT2D eigenvalue weighted by atomic mass is 16.2. The molecule has 4 aliphatic carbocycles. The van der Waals surface area contributed by atoms with Gasteiger partial charge < -0.3 is 20.9 Å². The zero-order valence-electron chi connectivity index (χ0n) is 37.8. The van der Waals surface area contributed by atoms with Gasteiger partial charge in [0.1, 0.15) is 6.04 Å². The minimum Gasteiger partial charge on any atom is -0.353 e. The van der Waals surface area contributed by atoms with Crippen molar-refractivity contribution in [3.05, 3.63) is 71.8 Å². The summed E-state index contributed by atoms with van der Waals surface area (Å²) in [5.74, 6) is 2.05. The van der Waals surface area contributed by atoms with Crippen LogP contribution in [0.25, 0.3) is 0 Å². The van der Waals surface area contributed by atoms with Gasteiger partial charge in [0.15, 0.2) is 12.0 Å². The van der Waals surface area contributed by atoms with E-state index in [-0.39, 0.29) is 23.9 Å². The number of hydrogen-bond acceptors (Lipinski definition) is 3. The number of benzene rings is 2. The molecule has 338 valence electrons. The number of rotatable bonds is 11. The van der Waals surface area contributed by atoms with E-state index in [1.54, 1.807) is 0 Å². The van der Waals surface area contributed by atoms with Gasteiger partial charge in [0.05, 0.1) is 36.8 Å². The molecule has 2 saturated heterocycles. The molecule has 2 aliphatic heterocycles. The third kappa shape index (κ3) is 12.1. The number of amides is 2. The van der Waals surface area contributed by atoms with E-state index < -0.39 is 12.1 Å². The monoisotopic (exact) mass is 848 g/mol. The molecule has 2 amide bonds. The number of carbonyl (C=O) groups is 2. The van der Waals surface area contributed by atoms with E-state index in [0.717, 1.165) is 100 Å². The Morgan fingerprint density at radius 1 is 0.516 bits per heavy atom. The SMILES string of the molecule is O=C(N[C@@H](c1ccccc1)[C@@H](NC(=O)[C@@H]1CCCC[N+]1=C(NC1CCCCC1)NC1CCCCC1)c1ccccc1)[C@@H]1CCCCN1C(=NC1CCCCC1)NC1CCCCC1. The van der Waals surface area contributed by atoms with Gasteiger partial charge in [0.25, 0.3) is 5.91 Å². The second kappa shape index (κ2) is 23.0. The van der Waals surface area contributed by atoms with Crippen LogP contribution in [0.4, 0.5) is 0 Å². The van der Waals surface area contributed by atoms with Gasteiger partial charge in [0.2, 0.25) is 5.91 Å². The zero-order valence-corrected chi connectivity index (χ0v) is 37.8. The molecule has 0 aromatic heterocycles. The van der Waals surface area contributed by atoms with E-state index in [1.165, 1.54) is 103 Å². The van der Waals surface area contributed by atoms with Crippen LogP contribution >= 0.6 is 0 Å². The van der Waals surface area contributed by atoms with Gasteiger partial charge in [-0.25, -0.2) is 4.99 Å². The summed E-state index contributed by atoms with van der Waals surface area (Å²) in [6.07, 6.45) is 30.2. The van der Waals surface area contributed by atoms with Crippen LogP contribution in [0.1, 0.15) is 190 Å². The molecule has 2 aromatic carbocycles. The van der Waals surface area contributed by atoms with Crippen molar-refractivity contribution in [2.75, 3.05) is 13.1 Å². The standard InChI is InChI=1S/C52H78N8O2/c61-49(45-35-19-21-37-59(45)51(53-41-27-11-3-12-28-41)54-42-29-13-4-14-30-42)57-47(39-23-7-1-8-24-39)48(40-25-9-2-10-26-40)58-50(62)46-36-20-22-38-60(46)52(55-43-31-15-5-16-32-43)56-44-33-17-6-18-34-44/h1-2,7-10,23-26,41-48H,3-6,11-22,27-38H2,(H4,53,54,55,56,57,58,61,62)/p+1/t45-,46-,47-,48-/m0/s1. The number of piperidine rings is 2. The average Bonchev–Trinajstić information content (AvgIpc) is 3.34. The van der Waals surface area contributed by atoms with Crippen LogP contribution in [0, 0.1) is 0 Å². The first-order chi connectivity index (χ1) is 30.6. The molecule has 0 radical (unpaired) electrons. The Hall–Kier alpha value is -4.08. The van der Waals surface area contributed by atoms with Crippen LogP contribution in [0.2, 0.25) is 0 Å². The smallest absolute Gasteiger partial charge is 0.346 e. The van der Waals surface area contributed by atoms with Gasteiger partial charge in [0, 0.05) is 12.6 Å². The zero-order chi connectivity index (χ0) is 42.4. The lowest BCUT2D eigenvalue weighted by molar-refractivity contribution is -0.566. The quantitative estimate of drug-likeness (QED) is 0.0878. The van der Waals surface area contributed by atoms with Gasteiger partial charge in [-0.2, -0.15) is 0 Å². The maximum absolute atomic E-state index is 15.2. The van der Waals surface area contributed by atoms with E-state index in [1.807, 2.05) is 36.4 Å². The first kappa shape index (κ1) is 44.5. The molecular weight excluding hydrogens is 769 g/mol. The van der Waals surface area contributed by atoms with Crippen LogP contribution in [-0.4, -0.2) is 82.5 Å². The topological polar surface area (TPSA) is 113 Å². The number of nitrogens with zero attached hydrogens (tertiary/aromatic N) is 3. The second-order valence-electron chi connectivity index (χ2n) is 19.7. The van der Waals surface area contributed by atoms with E-state index in [2.05, 4.69) is 60.3 Å². The van der Waals surface area contributed by atoms with E-state index in [9.17, 15) is 0 Å². The van der Waals surface area contributed by atoms with Crippen molar-refractivity contribution in [2.24, 2.45) is 4.99 Å². The highest BCUT2D eigenvalue weighted by Crippen LogP contribution is 2.32. The van der Waals surface area contributed by atoms with Gasteiger partial charge >= 0.3 is 5.96 Å². The van der Waals surface area contributed by atoms with Crippen LogP contribution in [-0.2, 0) is 9.59 Å². The predicted octanol–water partition coefficient (Wildman–Crippen LogP) is 8.93. The summed E-state index contributed by atoms with van der Waals surface area (Å²) in [6.45, 7) is 1.66. The van der Waals surface area contributed by atoms with Gasteiger partial charge in [-0.1, -0.05) is 138 Å². The highest BCUT2D eigenvalue weighted by molar-refractivity contribution is 5.90. The van der Waals surface area contributed by atoms with Gasteiger partial charge in [-0.3, -0.25) is 24.8 Å². The van der Waals surface area contributed by atoms with Crippen molar-refractivity contribution in [1.82, 2.24) is 31.5 Å². The maximum Gasteiger partial charge on any atom is 0.346 e. The second-order valence-corrected chi connectivity index (χ2v) is 19.7. The molecule has 6 aliphatic rings. The first-order valence-corrected chi connectivity index (χ1v) is 25.6. The first-order valence-electron chi connectivity index (χ1n) is 25.6. The summed E-state index contributed by atoms with van der Waals surface area (Å²) in [6, 6.07) is 20.6. The van der Waals surface area contributed by atoms with Gasteiger partial charge in [-0.05, 0) is 101 Å². The molecular formula is C52H79N8O2+. The third-order valence-corrected chi connectivity index (χ3v) is 15.1. The predicted molar refractivity (Wildman–Crippen MR) is 251 cm³/mol. The molecule has 0 bridgehead atoms. The molecule has 2 aromatic rings. The highest BCUT2D eigenvalue weighted by Gasteiger charge is 2.39. The minimum absolute atomic E-state index is 0.0128. The molecule has 62 heavy (non-hydrogen) atoms. The van der Waals surface area contributed by atoms with Crippen molar-refractivity contribution in [1.29, 1.82) is 0 Å². The average molecular weight is 848 g/mol. The maximum atomic E-state index is 15.2. The lowest BCUT2D eigenvalue weighted by Crippen LogP contribution is -2.59. The van der Waals surface area contributed by atoms with Crippen LogP contribution in [0.3, 0.4) is 0 Å². The van der Waals surface area contributed by atoms with Crippen molar-refractivity contribution >= 4 is 23.7 Å². The van der Waals surface area contributed by atoms with Crippen molar-refractivity contribution in [3.8, 4) is 0 Å². The van der Waals surface area contributed by atoms with Gasteiger partial charge in [-0.15, -0.1) is 0 Å². The number of likely N-dealkylation sites (tertiary alicyclic amines) is 1. The summed E-state index contributed by atoms with van der Waals surface area (Å²) < 4.78 is 2.38. The Kier molecular flexibility index (Phi) is 16.5. The largest absolute Gasteiger partial charge is 0.353 e. The molecule has 4 atom stereocenters. The summed E-state index contributed by atoms with van der Waals surface area (Å²) in [7, 11) is 0. The Morgan fingerprint density at radius 3 is 1.53 bits per heavy atom. The Bertz CT molecular complexity index is 1720. The summed E-state index contributed by atoms with van der Waals surface area (Å²) >= 11 is 0. The number of aliphatic imine (C=N–C) groups is 1. The van der Waals surface area contributed by atoms with Crippen molar-refractivity contribution in [3.63, 3.8) is 0 Å². The third-order valence-electron chi connectivity index (χ3n) is 15.1. The van der Waals surface area contributed by atoms with Crippen molar-refractivity contribution < 1.29 is 14.2 Å². The molecule has 0 unspecified atom stereocenters. The Labute approximate surface area is 373 Å². The lowest BCUT2D eigenvalue weighted by Gasteiger charge is -2.41. The lowest BCUT2D eigenvalue weighted by atomic mass is 9.91. The molecule has 5 N–H and O–H groups in total. The Balaban J connectivity index is 1.09. The number of carbonyl (C=O) groups excluding carboxylic acids is 2. The normalized spacial score (nSPS) is 25.0. The fourth-order valence-electron chi connectivity index (χ4n) is 11.6. The fourth-order valence-corrected chi connectivity index (χ4v) is 11.6. The number of hydrogen-bond donors (Lipinski definition) is 5. The summed E-state index contributed by atoms with van der Waals surface area (Å²) in [5.41, 5.74) is 1.97. The molecule has 8 rings (SSSR count). The van der Waals surface area contributed by atoms with Crippen LogP contribution in [0.5, 0.6) is 0 Å². The van der Waals surface area contributed by atoms with Crippen LogP contribution < -0.4 is 26.6 Å². The van der Waals surface area contributed by atoms with Crippen molar-refractivity contribution in [2.45, 2.75) is 215 Å². The number of guanidine groups is 2. The summed E-state index contributed by atoms with van der Waals surface area (Å²) in [5, 5.41) is 19.2. The molecule has 10 heteroatoms. The molecule has 2 heterocycles.